The third kappa shape index (κ3) is 3.41. The molecule has 2 aromatic rings. The van der Waals surface area contributed by atoms with E-state index in [2.05, 4.69) is 9.72 Å². The molecule has 0 amide bonds. The van der Waals surface area contributed by atoms with Crippen LogP contribution < -0.4 is 5.56 Å². The molecule has 22 heavy (non-hydrogen) atoms. The first-order valence-corrected chi connectivity index (χ1v) is 6.93. The van der Waals surface area contributed by atoms with Crippen molar-refractivity contribution in [1.82, 2.24) is 9.55 Å². The molecule has 0 saturated heterocycles. The van der Waals surface area contributed by atoms with E-state index in [9.17, 15) is 18.4 Å². The number of hydrogen-bond acceptors (Lipinski definition) is 4. The van der Waals surface area contributed by atoms with Gasteiger partial charge in [0.15, 0.2) is 0 Å². The van der Waals surface area contributed by atoms with Crippen molar-refractivity contribution in [2.45, 2.75) is 25.8 Å². The number of fused-ring (bicyclic) bond motifs is 1. The van der Waals surface area contributed by atoms with Crippen LogP contribution in [0.25, 0.3) is 11.0 Å². The first kappa shape index (κ1) is 16.4. The highest BCUT2D eigenvalue weighted by Crippen LogP contribution is 2.22. The van der Waals surface area contributed by atoms with E-state index >= 15 is 0 Å². The molecule has 0 saturated carbocycles. The number of carbonyl (C=O) groups is 1. The maximum absolute atomic E-state index is 13.7. The molecule has 0 bridgehead atoms. The van der Waals surface area contributed by atoms with Crippen molar-refractivity contribution in [3.63, 3.8) is 0 Å². The number of rotatable bonds is 5. The molecular weight excluding hydrogens is 318 g/mol. The summed E-state index contributed by atoms with van der Waals surface area (Å²) in [5.74, 6) is -5.26. The van der Waals surface area contributed by atoms with Gasteiger partial charge in [0.25, 0.3) is 5.56 Å². The minimum atomic E-state index is -3.66. The number of halogens is 3. The number of nitrogens with zero attached hydrogens (tertiary/aromatic N) is 2. The van der Waals surface area contributed by atoms with Gasteiger partial charge < -0.3 is 9.30 Å². The largest absolute Gasteiger partial charge is 0.462 e. The fraction of sp³-hybridized carbons (Fsp3) is 0.357. The van der Waals surface area contributed by atoms with E-state index in [4.69, 9.17) is 11.6 Å². The number of aromatic nitrogens is 2. The van der Waals surface area contributed by atoms with Gasteiger partial charge in [-0.15, -0.1) is 0 Å². The molecule has 1 aromatic heterocycles. The van der Waals surface area contributed by atoms with Crippen molar-refractivity contribution in [1.29, 1.82) is 0 Å². The molecule has 118 valence electrons. The van der Waals surface area contributed by atoms with Crippen LogP contribution in [0.3, 0.4) is 0 Å². The zero-order chi connectivity index (χ0) is 16.3. The molecule has 0 fully saturated rings. The standard InChI is InChI=1S/C14H13ClF2N2O3/c1-2-22-13(21)14(16,17)5-6-19-11-7-9(15)3-4-10(11)18-8-12(19)20/h3-4,7-8H,2,5-6H2,1H3. The van der Waals surface area contributed by atoms with E-state index < -0.39 is 23.9 Å². The van der Waals surface area contributed by atoms with Crippen molar-refractivity contribution in [3.8, 4) is 0 Å². The molecule has 0 radical (unpaired) electrons. The van der Waals surface area contributed by atoms with Gasteiger partial charge in [-0.3, -0.25) is 4.79 Å². The highest BCUT2D eigenvalue weighted by molar-refractivity contribution is 6.31. The maximum Gasteiger partial charge on any atom is 0.377 e. The van der Waals surface area contributed by atoms with Gasteiger partial charge >= 0.3 is 11.9 Å². The van der Waals surface area contributed by atoms with Gasteiger partial charge in [-0.1, -0.05) is 11.6 Å². The summed E-state index contributed by atoms with van der Waals surface area (Å²) in [7, 11) is 0. The second-order valence-electron chi connectivity index (χ2n) is 4.56. The monoisotopic (exact) mass is 330 g/mol. The molecule has 0 N–H and O–H groups in total. The number of alkyl halides is 2. The van der Waals surface area contributed by atoms with E-state index in [0.29, 0.717) is 16.1 Å². The third-order valence-corrected chi connectivity index (χ3v) is 3.27. The summed E-state index contributed by atoms with van der Waals surface area (Å²) in [5, 5.41) is 0.353. The quantitative estimate of drug-likeness (QED) is 0.791. The SMILES string of the molecule is CCOC(=O)C(F)(F)CCn1c(=O)cnc2ccc(Cl)cc21. The van der Waals surface area contributed by atoms with Crippen LogP contribution in [0.2, 0.25) is 5.02 Å². The van der Waals surface area contributed by atoms with Gasteiger partial charge in [0.1, 0.15) is 0 Å². The van der Waals surface area contributed by atoms with E-state index in [-0.39, 0.29) is 13.2 Å². The van der Waals surface area contributed by atoms with Crippen LogP contribution in [-0.2, 0) is 16.1 Å². The molecule has 0 unspecified atom stereocenters. The number of carbonyl (C=O) groups excluding carboxylic acids is 1. The number of benzene rings is 1. The number of ether oxygens (including phenoxy) is 1. The van der Waals surface area contributed by atoms with Crippen molar-refractivity contribution in [2.24, 2.45) is 0 Å². The Kier molecular flexibility index (Phi) is 4.75. The Labute approximate surface area is 129 Å². The summed E-state index contributed by atoms with van der Waals surface area (Å²) in [6.07, 6.45) is 0.191. The Balaban J connectivity index is 2.32. The lowest BCUT2D eigenvalue weighted by atomic mass is 10.2. The van der Waals surface area contributed by atoms with Gasteiger partial charge in [0.05, 0.1) is 23.8 Å². The fourth-order valence-corrected chi connectivity index (χ4v) is 2.12. The molecule has 1 aromatic carbocycles. The Hall–Kier alpha value is -2.02. The molecule has 0 spiro atoms. The minimum absolute atomic E-state index is 0.137. The van der Waals surface area contributed by atoms with Crippen LogP contribution in [-0.4, -0.2) is 28.0 Å². The second kappa shape index (κ2) is 6.39. The minimum Gasteiger partial charge on any atom is -0.462 e. The van der Waals surface area contributed by atoms with Crippen LogP contribution >= 0.6 is 11.6 Å². The predicted molar refractivity (Wildman–Crippen MR) is 77.2 cm³/mol. The van der Waals surface area contributed by atoms with E-state index in [0.717, 1.165) is 10.8 Å². The van der Waals surface area contributed by atoms with E-state index in [1.807, 2.05) is 0 Å². The fourth-order valence-electron chi connectivity index (χ4n) is 1.96. The molecule has 0 aliphatic carbocycles. The zero-order valence-corrected chi connectivity index (χ0v) is 12.4. The molecule has 0 atom stereocenters. The summed E-state index contributed by atoms with van der Waals surface area (Å²) in [4.78, 5) is 27.0. The number of esters is 1. The predicted octanol–water partition coefficient (Wildman–Crippen LogP) is 2.64. The lowest BCUT2D eigenvalue weighted by Crippen LogP contribution is -2.33. The Bertz CT molecular complexity index is 761. The van der Waals surface area contributed by atoms with Crippen LogP contribution in [0.1, 0.15) is 13.3 Å². The molecule has 0 aliphatic rings. The maximum atomic E-state index is 13.7. The summed E-state index contributed by atoms with van der Waals surface area (Å²) < 4.78 is 32.8. The lowest BCUT2D eigenvalue weighted by molar-refractivity contribution is -0.172. The lowest BCUT2D eigenvalue weighted by Gasteiger charge is -2.16. The molecule has 8 heteroatoms. The summed E-state index contributed by atoms with van der Waals surface area (Å²) in [6.45, 7) is 0.947. The van der Waals surface area contributed by atoms with Crippen molar-refractivity contribution < 1.29 is 18.3 Å². The summed E-state index contributed by atoms with van der Waals surface area (Å²) >= 11 is 5.86. The van der Waals surface area contributed by atoms with Crippen LogP contribution in [0, 0.1) is 0 Å². The van der Waals surface area contributed by atoms with Crippen LogP contribution in [0.5, 0.6) is 0 Å². The number of aryl methyl sites for hydroxylation is 1. The van der Waals surface area contributed by atoms with E-state index in [1.54, 1.807) is 12.1 Å². The first-order valence-electron chi connectivity index (χ1n) is 6.55. The molecule has 1 heterocycles. The van der Waals surface area contributed by atoms with E-state index in [1.165, 1.54) is 13.0 Å². The summed E-state index contributed by atoms with van der Waals surface area (Å²) in [5.41, 5.74) is 0.234. The average Bonchev–Trinajstić information content (AvgIpc) is 2.46. The zero-order valence-electron chi connectivity index (χ0n) is 11.7. The van der Waals surface area contributed by atoms with Gasteiger partial charge in [0.2, 0.25) is 0 Å². The van der Waals surface area contributed by atoms with Gasteiger partial charge in [-0.25, -0.2) is 9.78 Å². The topological polar surface area (TPSA) is 61.2 Å². The second-order valence-corrected chi connectivity index (χ2v) is 4.99. The average molecular weight is 331 g/mol. The smallest absolute Gasteiger partial charge is 0.377 e. The van der Waals surface area contributed by atoms with Crippen molar-refractivity contribution >= 4 is 28.6 Å². The van der Waals surface area contributed by atoms with Gasteiger partial charge in [-0.2, -0.15) is 8.78 Å². The van der Waals surface area contributed by atoms with Crippen molar-refractivity contribution in [2.75, 3.05) is 6.61 Å². The van der Waals surface area contributed by atoms with Crippen LogP contribution in [0.4, 0.5) is 8.78 Å². The summed E-state index contributed by atoms with van der Waals surface area (Å²) in [6, 6.07) is 4.63. The highest BCUT2D eigenvalue weighted by atomic mass is 35.5. The van der Waals surface area contributed by atoms with Gasteiger partial charge in [0, 0.05) is 18.0 Å². The molecule has 2 rings (SSSR count). The third-order valence-electron chi connectivity index (χ3n) is 3.03. The molecular formula is C14H13ClF2N2O3. The normalized spacial score (nSPS) is 11.6. The highest BCUT2D eigenvalue weighted by Gasteiger charge is 2.40. The molecule has 5 nitrogen and oxygen atoms in total. The first-order chi connectivity index (χ1) is 10.3. The van der Waals surface area contributed by atoms with Crippen LogP contribution in [0.15, 0.2) is 29.2 Å². The van der Waals surface area contributed by atoms with Gasteiger partial charge in [-0.05, 0) is 25.1 Å². The Morgan fingerprint density at radius 2 is 2.18 bits per heavy atom. The Morgan fingerprint density at radius 3 is 2.86 bits per heavy atom. The Morgan fingerprint density at radius 1 is 1.45 bits per heavy atom. The van der Waals surface area contributed by atoms with Crippen molar-refractivity contribution in [3.05, 3.63) is 39.8 Å². The number of hydrogen-bond donors (Lipinski definition) is 0. The molecule has 0 aliphatic heterocycles.